The van der Waals surface area contributed by atoms with Gasteiger partial charge in [0.2, 0.25) is 0 Å². The first-order valence-corrected chi connectivity index (χ1v) is 10.7. The molecule has 3 heterocycles. The first-order valence-electron chi connectivity index (χ1n) is 8.10. The molecule has 3 rings (SSSR count). The lowest BCUT2D eigenvalue weighted by Gasteiger charge is -2.02. The van der Waals surface area contributed by atoms with Crippen molar-refractivity contribution in [3.63, 3.8) is 0 Å². The molecular weight excluding hydrogens is 354 g/mol. The van der Waals surface area contributed by atoms with Crippen LogP contribution in [0.4, 0.5) is 0 Å². The number of hydrogen-bond acceptors (Lipinski definition) is 4. The highest BCUT2D eigenvalue weighted by atomic mass is 32.1. The minimum Gasteiger partial charge on any atom is -0.143 e. The number of rotatable bonds is 9. The molecule has 0 aliphatic rings. The van der Waals surface area contributed by atoms with Gasteiger partial charge in [0, 0.05) is 31.0 Å². The fraction of sp³-hybridized carbons (Fsp3) is 0.333. The number of hydrogen-bond donors (Lipinski definition) is 0. The van der Waals surface area contributed by atoms with E-state index in [2.05, 4.69) is 51.1 Å². The van der Waals surface area contributed by atoms with Gasteiger partial charge in [0.05, 0.1) is 0 Å². The topological polar surface area (TPSA) is 48.8 Å². The number of nitrogens with zero attached hydrogens (tertiary/aromatic N) is 3. The number of azide groups is 1. The molecule has 0 radical (unpaired) electrons. The summed E-state index contributed by atoms with van der Waals surface area (Å²) in [5.74, 6) is 0. The molecule has 0 aromatic carbocycles. The summed E-state index contributed by atoms with van der Waals surface area (Å²) in [5, 5.41) is 7.89. The average molecular weight is 374 g/mol. The summed E-state index contributed by atoms with van der Waals surface area (Å²) in [6.07, 6.45) is 5.63. The summed E-state index contributed by atoms with van der Waals surface area (Å²) in [4.78, 5) is 8.35. The lowest BCUT2D eigenvalue weighted by molar-refractivity contribution is 0.646. The highest BCUT2D eigenvalue weighted by molar-refractivity contribution is 7.26. The maximum Gasteiger partial charge on any atom is 0.0481 e. The summed E-state index contributed by atoms with van der Waals surface area (Å²) >= 11 is 5.55. The maximum atomic E-state index is 8.28. The van der Waals surface area contributed by atoms with E-state index in [-0.39, 0.29) is 0 Å². The summed E-state index contributed by atoms with van der Waals surface area (Å²) in [6.45, 7) is 0.623. The third kappa shape index (κ3) is 4.48. The molecule has 3 aromatic rings. The molecule has 0 N–H and O–H groups in total. The van der Waals surface area contributed by atoms with Crippen LogP contribution >= 0.6 is 34.0 Å². The van der Waals surface area contributed by atoms with Crippen molar-refractivity contribution < 1.29 is 0 Å². The highest BCUT2D eigenvalue weighted by Gasteiger charge is 2.13. The van der Waals surface area contributed by atoms with Crippen molar-refractivity contribution in [3.05, 3.63) is 57.1 Å². The predicted octanol–water partition coefficient (Wildman–Crippen LogP) is 7.62. The Morgan fingerprint density at radius 1 is 0.917 bits per heavy atom. The van der Waals surface area contributed by atoms with Crippen molar-refractivity contribution in [2.24, 2.45) is 5.11 Å². The molecule has 0 unspecified atom stereocenters. The van der Waals surface area contributed by atoms with Gasteiger partial charge in [0.25, 0.3) is 0 Å². The Morgan fingerprint density at radius 3 is 2.38 bits per heavy atom. The van der Waals surface area contributed by atoms with E-state index >= 15 is 0 Å². The monoisotopic (exact) mass is 373 g/mol. The molecule has 6 heteroatoms. The number of aryl methyl sites for hydroxylation is 1. The minimum absolute atomic E-state index is 0.623. The van der Waals surface area contributed by atoms with Crippen molar-refractivity contribution in [3.8, 4) is 19.5 Å². The minimum atomic E-state index is 0.623. The van der Waals surface area contributed by atoms with Crippen molar-refractivity contribution in [1.29, 1.82) is 0 Å². The molecule has 0 aliphatic carbocycles. The van der Waals surface area contributed by atoms with E-state index in [0.717, 1.165) is 19.3 Å². The smallest absolute Gasteiger partial charge is 0.0481 e. The zero-order valence-corrected chi connectivity index (χ0v) is 15.8. The van der Waals surface area contributed by atoms with Crippen LogP contribution < -0.4 is 0 Å². The molecule has 0 bridgehead atoms. The zero-order chi connectivity index (χ0) is 16.6. The van der Waals surface area contributed by atoms with Gasteiger partial charge in [-0.2, -0.15) is 0 Å². The maximum absolute atomic E-state index is 8.28. The SMILES string of the molecule is [N-]=[N+]=NCCCCCCc1cc(-c2cccs2)sc1-c1cccs1. The Kier molecular flexibility index (Phi) is 6.49. The summed E-state index contributed by atoms with van der Waals surface area (Å²) in [7, 11) is 0. The molecule has 0 amide bonds. The molecule has 0 atom stereocenters. The van der Waals surface area contributed by atoms with E-state index in [1.54, 1.807) is 0 Å². The van der Waals surface area contributed by atoms with Gasteiger partial charge in [-0.15, -0.1) is 34.0 Å². The standard InChI is InChI=1S/C18H19N3S3/c19-21-20-10-4-2-1-3-7-14-13-17(15-8-5-11-22-15)24-18(14)16-9-6-12-23-16/h5-6,8-9,11-13H,1-4,7,10H2. The van der Waals surface area contributed by atoms with Crippen LogP contribution in [0, 0.1) is 0 Å². The summed E-state index contributed by atoms with van der Waals surface area (Å²) in [6, 6.07) is 11.1. The molecule has 0 aliphatic heterocycles. The normalized spacial score (nSPS) is 10.7. The van der Waals surface area contributed by atoms with Crippen molar-refractivity contribution >= 4 is 34.0 Å². The van der Waals surface area contributed by atoms with Gasteiger partial charge in [-0.05, 0) is 59.3 Å². The molecular formula is C18H19N3S3. The first kappa shape index (κ1) is 17.2. The van der Waals surface area contributed by atoms with Gasteiger partial charge in [0.1, 0.15) is 0 Å². The van der Waals surface area contributed by atoms with E-state index in [1.165, 1.54) is 37.9 Å². The van der Waals surface area contributed by atoms with E-state index in [0.29, 0.717) is 6.54 Å². The molecule has 0 fully saturated rings. The van der Waals surface area contributed by atoms with Crippen LogP contribution in [0.5, 0.6) is 0 Å². The van der Waals surface area contributed by atoms with Crippen LogP contribution in [-0.4, -0.2) is 6.54 Å². The Balaban J connectivity index is 1.66. The van der Waals surface area contributed by atoms with E-state index < -0.39 is 0 Å². The molecule has 124 valence electrons. The fourth-order valence-electron chi connectivity index (χ4n) is 2.67. The van der Waals surface area contributed by atoms with Crippen molar-refractivity contribution in [2.75, 3.05) is 6.54 Å². The third-order valence-electron chi connectivity index (χ3n) is 3.84. The Labute approximate surface area is 154 Å². The van der Waals surface area contributed by atoms with Crippen LogP contribution in [0.3, 0.4) is 0 Å². The Bertz CT molecular complexity index is 782. The first-order chi connectivity index (χ1) is 11.9. The van der Waals surface area contributed by atoms with Gasteiger partial charge in [0.15, 0.2) is 0 Å². The molecule has 0 spiro atoms. The second-order valence-electron chi connectivity index (χ2n) is 5.54. The van der Waals surface area contributed by atoms with Gasteiger partial charge >= 0.3 is 0 Å². The summed E-state index contributed by atoms with van der Waals surface area (Å²) in [5.41, 5.74) is 9.75. The van der Waals surface area contributed by atoms with Gasteiger partial charge in [-0.1, -0.05) is 30.1 Å². The number of thiophene rings is 3. The highest BCUT2D eigenvalue weighted by Crippen LogP contribution is 2.41. The van der Waals surface area contributed by atoms with Crippen LogP contribution in [0.1, 0.15) is 31.2 Å². The van der Waals surface area contributed by atoms with Crippen LogP contribution in [0.2, 0.25) is 0 Å². The quantitative estimate of drug-likeness (QED) is 0.160. The van der Waals surface area contributed by atoms with Crippen molar-refractivity contribution in [1.82, 2.24) is 0 Å². The predicted molar refractivity (Wildman–Crippen MR) is 107 cm³/mol. The lowest BCUT2D eigenvalue weighted by Crippen LogP contribution is -1.87. The second-order valence-corrected chi connectivity index (χ2v) is 8.49. The molecule has 3 nitrogen and oxygen atoms in total. The summed E-state index contributed by atoms with van der Waals surface area (Å²) < 4.78 is 0. The van der Waals surface area contributed by atoms with Gasteiger partial charge in [-0.25, -0.2) is 0 Å². The van der Waals surface area contributed by atoms with E-state index in [4.69, 9.17) is 5.53 Å². The largest absolute Gasteiger partial charge is 0.143 e. The Morgan fingerprint density at radius 2 is 1.67 bits per heavy atom. The molecule has 24 heavy (non-hydrogen) atoms. The lowest BCUT2D eigenvalue weighted by atomic mass is 10.1. The van der Waals surface area contributed by atoms with Gasteiger partial charge in [-0.3, -0.25) is 0 Å². The second kappa shape index (κ2) is 9.04. The fourth-order valence-corrected chi connectivity index (χ4v) is 5.59. The van der Waals surface area contributed by atoms with Crippen molar-refractivity contribution in [2.45, 2.75) is 32.1 Å². The van der Waals surface area contributed by atoms with E-state index in [9.17, 15) is 0 Å². The van der Waals surface area contributed by atoms with Gasteiger partial charge < -0.3 is 0 Å². The molecule has 0 saturated heterocycles. The van der Waals surface area contributed by atoms with Crippen LogP contribution in [-0.2, 0) is 6.42 Å². The van der Waals surface area contributed by atoms with Crippen LogP contribution in [0.15, 0.2) is 46.2 Å². The number of unbranched alkanes of at least 4 members (excludes halogenated alkanes) is 3. The molecule has 0 saturated carbocycles. The third-order valence-corrected chi connectivity index (χ3v) is 7.13. The van der Waals surface area contributed by atoms with Crippen LogP contribution in [0.25, 0.3) is 30.0 Å². The molecule has 3 aromatic heterocycles. The van der Waals surface area contributed by atoms with E-state index in [1.807, 2.05) is 34.0 Å². The Hall–Kier alpha value is -1.59. The average Bonchev–Trinajstić information content (AvgIpc) is 3.33. The zero-order valence-electron chi connectivity index (χ0n) is 13.4.